The van der Waals surface area contributed by atoms with E-state index in [1.54, 1.807) is 24.3 Å². The van der Waals surface area contributed by atoms with Gasteiger partial charge < -0.3 is 25.2 Å². The molecule has 1 saturated heterocycles. The molecule has 0 aliphatic carbocycles. The molecule has 2 atom stereocenters. The summed E-state index contributed by atoms with van der Waals surface area (Å²) in [6, 6.07) is 5.24. The van der Waals surface area contributed by atoms with Gasteiger partial charge in [0.25, 0.3) is 0 Å². The number of carboxylic acid groups (broad SMARTS) is 1. The first-order valence-electron chi connectivity index (χ1n) is 6.14. The SMILES string of the molecule is COc1ccccc1NC(=O)N1C[C@@H](O)C[C@H]1C(=O)O. The first-order valence-corrected chi connectivity index (χ1v) is 6.14. The summed E-state index contributed by atoms with van der Waals surface area (Å²) in [5, 5.41) is 21.2. The van der Waals surface area contributed by atoms with Gasteiger partial charge in [0.15, 0.2) is 0 Å². The lowest BCUT2D eigenvalue weighted by Gasteiger charge is -2.22. The minimum absolute atomic E-state index is 0.00203. The number of nitrogens with zero attached hydrogens (tertiary/aromatic N) is 1. The number of carbonyl (C=O) groups is 2. The number of ether oxygens (including phenoxy) is 1. The summed E-state index contributed by atoms with van der Waals surface area (Å²) in [6.07, 6.45) is -0.784. The van der Waals surface area contributed by atoms with Gasteiger partial charge in [-0.05, 0) is 12.1 Å². The van der Waals surface area contributed by atoms with Crippen LogP contribution in [0.3, 0.4) is 0 Å². The van der Waals surface area contributed by atoms with E-state index in [4.69, 9.17) is 9.84 Å². The van der Waals surface area contributed by atoms with Crippen molar-refractivity contribution in [3.63, 3.8) is 0 Å². The Morgan fingerprint density at radius 1 is 1.40 bits per heavy atom. The van der Waals surface area contributed by atoms with Gasteiger partial charge in [0.1, 0.15) is 11.8 Å². The molecule has 7 nitrogen and oxygen atoms in total. The normalized spacial score (nSPS) is 21.6. The number of carbonyl (C=O) groups excluding carboxylic acids is 1. The summed E-state index contributed by atoms with van der Waals surface area (Å²) in [4.78, 5) is 24.3. The zero-order valence-electron chi connectivity index (χ0n) is 10.9. The number of urea groups is 1. The largest absolute Gasteiger partial charge is 0.495 e. The van der Waals surface area contributed by atoms with Crippen LogP contribution in [0.1, 0.15) is 6.42 Å². The van der Waals surface area contributed by atoms with Crippen molar-refractivity contribution in [3.05, 3.63) is 24.3 Å². The predicted octanol–water partition coefficient (Wildman–Crippen LogP) is 0.747. The van der Waals surface area contributed by atoms with Gasteiger partial charge in [-0.2, -0.15) is 0 Å². The third-order valence-corrected chi connectivity index (χ3v) is 3.17. The third-order valence-electron chi connectivity index (χ3n) is 3.17. The second kappa shape index (κ2) is 5.79. The number of hydrogen-bond acceptors (Lipinski definition) is 4. The lowest BCUT2D eigenvalue weighted by atomic mass is 10.2. The molecule has 1 aliphatic heterocycles. The van der Waals surface area contributed by atoms with Crippen molar-refractivity contribution in [2.75, 3.05) is 19.0 Å². The van der Waals surface area contributed by atoms with E-state index in [1.165, 1.54) is 7.11 Å². The first-order chi connectivity index (χ1) is 9.52. The van der Waals surface area contributed by atoms with E-state index in [9.17, 15) is 14.7 Å². The number of β-amino-alcohol motifs (C(OH)–C–C–N with tert-alkyl or cyclic N) is 1. The van der Waals surface area contributed by atoms with Crippen LogP contribution in [0.4, 0.5) is 10.5 Å². The average Bonchev–Trinajstić information content (AvgIpc) is 2.82. The van der Waals surface area contributed by atoms with Gasteiger partial charge >= 0.3 is 12.0 Å². The Balaban J connectivity index is 2.13. The number of nitrogens with one attached hydrogen (secondary N) is 1. The number of amides is 2. The van der Waals surface area contributed by atoms with E-state index in [1.807, 2.05) is 0 Å². The molecule has 0 radical (unpaired) electrons. The molecule has 0 spiro atoms. The second-order valence-corrected chi connectivity index (χ2v) is 4.53. The average molecular weight is 280 g/mol. The van der Waals surface area contributed by atoms with Crippen LogP contribution < -0.4 is 10.1 Å². The molecule has 0 bridgehead atoms. The highest BCUT2D eigenvalue weighted by atomic mass is 16.5. The number of anilines is 1. The van der Waals surface area contributed by atoms with Crippen LogP contribution in [0.25, 0.3) is 0 Å². The van der Waals surface area contributed by atoms with E-state index < -0.39 is 24.1 Å². The quantitative estimate of drug-likeness (QED) is 0.758. The topological polar surface area (TPSA) is 99.1 Å². The number of rotatable bonds is 3. The Labute approximate surface area is 115 Å². The number of aliphatic carboxylic acids is 1. The van der Waals surface area contributed by atoms with Crippen molar-refractivity contribution in [3.8, 4) is 5.75 Å². The Kier molecular flexibility index (Phi) is 4.09. The molecule has 7 heteroatoms. The Hall–Kier alpha value is -2.28. The summed E-state index contributed by atoms with van der Waals surface area (Å²) >= 11 is 0. The van der Waals surface area contributed by atoms with Crippen LogP contribution >= 0.6 is 0 Å². The fraction of sp³-hybridized carbons (Fsp3) is 0.385. The molecule has 0 unspecified atom stereocenters. The molecular weight excluding hydrogens is 264 g/mol. The Bertz CT molecular complexity index is 519. The second-order valence-electron chi connectivity index (χ2n) is 4.53. The molecule has 0 saturated carbocycles. The number of hydrogen-bond donors (Lipinski definition) is 3. The summed E-state index contributed by atoms with van der Waals surface area (Å²) in [6.45, 7) is -0.00203. The highest BCUT2D eigenvalue weighted by Gasteiger charge is 2.39. The van der Waals surface area contributed by atoms with E-state index in [-0.39, 0.29) is 13.0 Å². The van der Waals surface area contributed by atoms with Crippen LogP contribution in [0.5, 0.6) is 5.75 Å². The maximum Gasteiger partial charge on any atom is 0.326 e. The smallest absolute Gasteiger partial charge is 0.326 e. The number of benzene rings is 1. The van der Waals surface area contributed by atoms with E-state index in [2.05, 4.69) is 5.32 Å². The highest BCUT2D eigenvalue weighted by Crippen LogP contribution is 2.25. The minimum atomic E-state index is -1.13. The zero-order valence-corrected chi connectivity index (χ0v) is 10.9. The van der Waals surface area contributed by atoms with Crippen LogP contribution in [-0.4, -0.2) is 52.9 Å². The number of carboxylic acids is 1. The van der Waals surface area contributed by atoms with Gasteiger partial charge in [0.2, 0.25) is 0 Å². The van der Waals surface area contributed by atoms with E-state index in [0.29, 0.717) is 11.4 Å². The maximum absolute atomic E-state index is 12.1. The van der Waals surface area contributed by atoms with Crippen molar-refractivity contribution in [1.82, 2.24) is 4.90 Å². The fourth-order valence-electron chi connectivity index (χ4n) is 2.21. The van der Waals surface area contributed by atoms with E-state index in [0.717, 1.165) is 4.90 Å². The molecule has 0 aromatic heterocycles. The molecule has 3 N–H and O–H groups in total. The standard InChI is InChI=1S/C13H16N2O5/c1-20-11-5-3-2-4-9(11)14-13(19)15-7-8(16)6-10(15)12(17)18/h2-5,8,10,16H,6-7H2,1H3,(H,14,19)(H,17,18)/t8-,10-/m0/s1. The van der Waals surface area contributed by atoms with Gasteiger partial charge in [-0.3, -0.25) is 0 Å². The van der Waals surface area contributed by atoms with Gasteiger partial charge in [0, 0.05) is 13.0 Å². The Morgan fingerprint density at radius 3 is 2.75 bits per heavy atom. The van der Waals surface area contributed by atoms with Gasteiger partial charge in [-0.1, -0.05) is 12.1 Å². The van der Waals surface area contributed by atoms with Gasteiger partial charge in [0.05, 0.1) is 18.9 Å². The monoisotopic (exact) mass is 280 g/mol. The molecule has 108 valence electrons. The van der Waals surface area contributed by atoms with Crippen LogP contribution in [0.15, 0.2) is 24.3 Å². The van der Waals surface area contributed by atoms with Gasteiger partial charge in [-0.15, -0.1) is 0 Å². The lowest BCUT2D eigenvalue weighted by Crippen LogP contribution is -2.43. The summed E-state index contributed by atoms with van der Waals surface area (Å²) in [7, 11) is 1.48. The molecule has 2 rings (SSSR count). The maximum atomic E-state index is 12.1. The summed E-state index contributed by atoms with van der Waals surface area (Å²) < 4.78 is 5.11. The Morgan fingerprint density at radius 2 is 2.10 bits per heavy atom. The number of para-hydroxylation sites is 2. The van der Waals surface area contributed by atoms with Crippen LogP contribution in [0.2, 0.25) is 0 Å². The van der Waals surface area contributed by atoms with Gasteiger partial charge in [-0.25, -0.2) is 9.59 Å². The number of aliphatic hydroxyl groups excluding tert-OH is 1. The highest BCUT2D eigenvalue weighted by molar-refractivity contribution is 5.94. The molecule has 20 heavy (non-hydrogen) atoms. The molecule has 1 aromatic carbocycles. The molecule has 1 fully saturated rings. The molecular formula is C13H16N2O5. The lowest BCUT2D eigenvalue weighted by molar-refractivity contribution is -0.141. The molecule has 1 heterocycles. The van der Waals surface area contributed by atoms with Crippen LogP contribution in [-0.2, 0) is 4.79 Å². The van der Waals surface area contributed by atoms with Crippen molar-refractivity contribution in [1.29, 1.82) is 0 Å². The first kappa shape index (κ1) is 14.1. The number of likely N-dealkylation sites (tertiary alicyclic amines) is 1. The molecule has 1 aromatic rings. The van der Waals surface area contributed by atoms with Crippen LogP contribution in [0, 0.1) is 0 Å². The van der Waals surface area contributed by atoms with Crippen molar-refractivity contribution in [2.45, 2.75) is 18.6 Å². The minimum Gasteiger partial charge on any atom is -0.495 e. The van der Waals surface area contributed by atoms with E-state index >= 15 is 0 Å². The van der Waals surface area contributed by atoms with Crippen molar-refractivity contribution in [2.24, 2.45) is 0 Å². The van der Waals surface area contributed by atoms with Crippen molar-refractivity contribution < 1.29 is 24.5 Å². The summed E-state index contributed by atoms with van der Waals surface area (Å²) in [5.41, 5.74) is 0.450. The number of methoxy groups -OCH3 is 1. The number of aliphatic hydroxyl groups is 1. The zero-order chi connectivity index (χ0) is 14.7. The molecule has 2 amide bonds. The fourth-order valence-corrected chi connectivity index (χ4v) is 2.21. The summed E-state index contributed by atoms with van der Waals surface area (Å²) in [5.74, 6) is -0.649. The van der Waals surface area contributed by atoms with Crippen molar-refractivity contribution >= 4 is 17.7 Å². The molecule has 1 aliphatic rings. The third kappa shape index (κ3) is 2.83. The predicted molar refractivity (Wildman–Crippen MR) is 70.8 cm³/mol.